The molecule has 204 valence electrons. The van der Waals surface area contributed by atoms with Gasteiger partial charge in [-0.2, -0.15) is 18.3 Å². The minimum Gasteiger partial charge on any atom is -0.365 e. The number of halogens is 4. The van der Waals surface area contributed by atoms with Crippen LogP contribution < -0.4 is 11.1 Å². The lowest BCUT2D eigenvalue weighted by Crippen LogP contribution is -2.27. The van der Waals surface area contributed by atoms with E-state index in [9.17, 15) is 22.8 Å². The summed E-state index contributed by atoms with van der Waals surface area (Å²) in [5, 5.41) is 6.41. The molecule has 2 amide bonds. The fourth-order valence-electron chi connectivity index (χ4n) is 4.93. The van der Waals surface area contributed by atoms with E-state index in [0.29, 0.717) is 22.4 Å². The van der Waals surface area contributed by atoms with Gasteiger partial charge in [0.15, 0.2) is 17.0 Å². The third kappa shape index (κ3) is 5.00. The molecule has 0 aliphatic heterocycles. The van der Waals surface area contributed by atoms with Gasteiger partial charge in [-0.25, -0.2) is 9.50 Å². The highest BCUT2D eigenvalue weighted by molar-refractivity contribution is 7.17. The summed E-state index contributed by atoms with van der Waals surface area (Å²) in [7, 11) is 0. The van der Waals surface area contributed by atoms with Crippen molar-refractivity contribution in [2.45, 2.75) is 46.2 Å². The van der Waals surface area contributed by atoms with Crippen molar-refractivity contribution in [3.05, 3.63) is 68.8 Å². The van der Waals surface area contributed by atoms with Gasteiger partial charge in [0, 0.05) is 10.4 Å². The normalized spacial score (nSPS) is 15.8. The second-order valence-electron chi connectivity index (χ2n) is 10.6. The number of fused-ring (bicyclic) bond motifs is 2. The van der Waals surface area contributed by atoms with Crippen molar-refractivity contribution in [3.63, 3.8) is 0 Å². The molecule has 3 heterocycles. The summed E-state index contributed by atoms with van der Waals surface area (Å²) in [6.45, 7) is 6.48. The second-order valence-corrected chi connectivity index (χ2v) is 12.1. The Hall–Kier alpha value is -3.44. The van der Waals surface area contributed by atoms with E-state index >= 15 is 0 Å². The number of aromatic nitrogens is 3. The number of thiophene rings is 1. The van der Waals surface area contributed by atoms with Crippen molar-refractivity contribution < 1.29 is 22.8 Å². The molecule has 0 spiro atoms. The average Bonchev–Trinajstić information content (AvgIpc) is 3.39. The maximum Gasteiger partial charge on any atom is 0.433 e. The Morgan fingerprint density at radius 3 is 2.49 bits per heavy atom. The third-order valence-corrected chi connectivity index (χ3v) is 8.59. The van der Waals surface area contributed by atoms with Gasteiger partial charge < -0.3 is 11.1 Å². The van der Waals surface area contributed by atoms with Gasteiger partial charge in [0.1, 0.15) is 10.0 Å². The summed E-state index contributed by atoms with van der Waals surface area (Å²) in [5.74, 6) is -1.17. The van der Waals surface area contributed by atoms with Gasteiger partial charge in [0.2, 0.25) is 0 Å². The summed E-state index contributed by atoms with van der Waals surface area (Å²) < 4.78 is 42.5. The Bertz CT molecular complexity index is 1610. The quantitative estimate of drug-likeness (QED) is 0.285. The van der Waals surface area contributed by atoms with Crippen LogP contribution in [0.2, 0.25) is 5.02 Å². The molecule has 0 bridgehead atoms. The van der Waals surface area contributed by atoms with Gasteiger partial charge in [0.05, 0.1) is 11.3 Å². The monoisotopic (exact) mass is 575 g/mol. The molecule has 0 radical (unpaired) electrons. The number of carbonyl (C=O) groups excluding carboxylic acids is 2. The summed E-state index contributed by atoms with van der Waals surface area (Å²) in [4.78, 5) is 30.9. The number of alkyl halides is 3. The van der Waals surface area contributed by atoms with Gasteiger partial charge in [0.25, 0.3) is 11.8 Å². The van der Waals surface area contributed by atoms with Crippen LogP contribution in [0.25, 0.3) is 16.9 Å². The molecule has 3 aromatic heterocycles. The predicted molar refractivity (Wildman–Crippen MR) is 144 cm³/mol. The first-order valence-electron chi connectivity index (χ1n) is 12.2. The van der Waals surface area contributed by atoms with E-state index in [1.807, 2.05) is 0 Å². The molecule has 12 heteroatoms. The van der Waals surface area contributed by atoms with Gasteiger partial charge in [-0.3, -0.25) is 9.59 Å². The fraction of sp³-hybridized carbons (Fsp3) is 0.333. The van der Waals surface area contributed by atoms with Crippen molar-refractivity contribution in [1.82, 2.24) is 14.6 Å². The number of benzene rings is 1. The number of nitrogens with two attached hydrogens (primary N) is 1. The summed E-state index contributed by atoms with van der Waals surface area (Å²) >= 11 is 7.66. The molecule has 7 nitrogen and oxygen atoms in total. The smallest absolute Gasteiger partial charge is 0.365 e. The Kier molecular flexibility index (Phi) is 6.70. The molecular formula is C27H25ClF3N5O2S. The molecule has 0 saturated heterocycles. The highest BCUT2D eigenvalue weighted by Gasteiger charge is 2.37. The van der Waals surface area contributed by atoms with E-state index in [1.165, 1.54) is 11.3 Å². The van der Waals surface area contributed by atoms with Crippen LogP contribution in [0.15, 0.2) is 36.4 Å². The average molecular weight is 576 g/mol. The minimum atomic E-state index is -4.80. The topological polar surface area (TPSA) is 102 Å². The molecule has 1 atom stereocenters. The number of primary amides is 1. The number of carbonyl (C=O) groups is 2. The van der Waals surface area contributed by atoms with Gasteiger partial charge >= 0.3 is 6.18 Å². The van der Waals surface area contributed by atoms with E-state index in [-0.39, 0.29) is 32.3 Å². The number of rotatable bonds is 4. The SMILES string of the molecule is CC(C)(C)[C@H]1CCc2c(sc(NC(=O)c3nn4c(C(F)(F)F)cc(-c5ccccc5)nc4c3Cl)c2C(N)=O)C1. The molecule has 1 aliphatic rings. The van der Waals surface area contributed by atoms with Crippen LogP contribution in [0.4, 0.5) is 18.2 Å². The molecule has 0 unspecified atom stereocenters. The van der Waals surface area contributed by atoms with Crippen LogP contribution in [0.5, 0.6) is 0 Å². The molecule has 3 N–H and O–H groups in total. The van der Waals surface area contributed by atoms with E-state index in [0.717, 1.165) is 29.3 Å². The zero-order chi connectivity index (χ0) is 28.3. The number of anilines is 1. The van der Waals surface area contributed by atoms with Gasteiger partial charge in [-0.15, -0.1) is 11.3 Å². The number of hydrogen-bond acceptors (Lipinski definition) is 5. The Balaban J connectivity index is 1.56. The van der Waals surface area contributed by atoms with Crippen LogP contribution in [-0.2, 0) is 19.0 Å². The minimum absolute atomic E-state index is 0.0273. The van der Waals surface area contributed by atoms with E-state index in [4.69, 9.17) is 17.3 Å². The van der Waals surface area contributed by atoms with Crippen LogP contribution in [0.1, 0.15) is 64.2 Å². The lowest BCUT2D eigenvalue weighted by Gasteiger charge is -2.33. The fourth-order valence-corrected chi connectivity index (χ4v) is 6.51. The second kappa shape index (κ2) is 9.63. The first-order chi connectivity index (χ1) is 18.3. The van der Waals surface area contributed by atoms with Crippen molar-refractivity contribution in [2.24, 2.45) is 17.1 Å². The van der Waals surface area contributed by atoms with E-state index in [2.05, 4.69) is 36.2 Å². The molecule has 4 aromatic rings. The highest BCUT2D eigenvalue weighted by Crippen LogP contribution is 2.44. The van der Waals surface area contributed by atoms with Crippen molar-refractivity contribution in [3.8, 4) is 11.3 Å². The largest absolute Gasteiger partial charge is 0.433 e. The summed E-state index contributed by atoms with van der Waals surface area (Å²) in [6.07, 6.45) is -2.56. The van der Waals surface area contributed by atoms with E-state index < -0.39 is 29.4 Å². The van der Waals surface area contributed by atoms with Crippen LogP contribution in [0.3, 0.4) is 0 Å². The van der Waals surface area contributed by atoms with Crippen molar-refractivity contribution in [2.75, 3.05) is 5.32 Å². The maximum atomic E-state index is 14.0. The predicted octanol–water partition coefficient (Wildman–Crippen LogP) is 6.63. The molecule has 0 saturated carbocycles. The van der Waals surface area contributed by atoms with Crippen LogP contribution >= 0.6 is 22.9 Å². The zero-order valence-corrected chi connectivity index (χ0v) is 22.9. The highest BCUT2D eigenvalue weighted by atomic mass is 35.5. The Morgan fingerprint density at radius 2 is 1.87 bits per heavy atom. The molecule has 1 aromatic carbocycles. The maximum absolute atomic E-state index is 14.0. The van der Waals surface area contributed by atoms with Crippen molar-refractivity contribution >= 4 is 45.4 Å². The molecule has 5 rings (SSSR count). The first kappa shape index (κ1) is 27.1. The third-order valence-electron chi connectivity index (χ3n) is 7.07. The van der Waals surface area contributed by atoms with Crippen LogP contribution in [0, 0.1) is 11.3 Å². The Morgan fingerprint density at radius 1 is 1.18 bits per heavy atom. The van der Waals surface area contributed by atoms with Crippen LogP contribution in [-0.4, -0.2) is 26.4 Å². The molecule has 0 fully saturated rings. The summed E-state index contributed by atoms with van der Waals surface area (Å²) in [5.41, 5.74) is 5.34. The number of nitrogens with zero attached hydrogens (tertiary/aromatic N) is 3. The van der Waals surface area contributed by atoms with Crippen molar-refractivity contribution in [1.29, 1.82) is 0 Å². The number of nitrogens with one attached hydrogen (secondary N) is 1. The molecular weight excluding hydrogens is 551 g/mol. The first-order valence-corrected chi connectivity index (χ1v) is 13.4. The van der Waals surface area contributed by atoms with Gasteiger partial charge in [-0.1, -0.05) is 62.7 Å². The molecule has 39 heavy (non-hydrogen) atoms. The molecule has 1 aliphatic carbocycles. The van der Waals surface area contributed by atoms with E-state index in [1.54, 1.807) is 30.3 Å². The number of amides is 2. The Labute approximate surface area is 231 Å². The van der Waals surface area contributed by atoms with Gasteiger partial charge in [-0.05, 0) is 42.2 Å². The number of hydrogen-bond donors (Lipinski definition) is 2. The zero-order valence-electron chi connectivity index (χ0n) is 21.3. The standard InChI is InChI=1S/C27H25ClF3N5O2S/c1-26(2,3)14-9-10-15-17(11-14)39-25(19(15)22(32)37)34-24(38)21-20(28)23-33-16(13-7-5-4-6-8-13)12-18(27(29,30)31)36(23)35-21/h4-8,12,14H,9-11H2,1-3H3,(H2,32,37)(H,34,38)/t14-/m0/s1. The summed E-state index contributed by atoms with van der Waals surface area (Å²) in [6, 6.07) is 9.17. The lowest BCUT2D eigenvalue weighted by molar-refractivity contribution is -0.142. The lowest BCUT2D eigenvalue weighted by atomic mass is 9.72.